The summed E-state index contributed by atoms with van der Waals surface area (Å²) in [5, 5.41) is 0. The Balaban J connectivity index is 0. The van der Waals surface area contributed by atoms with Crippen LogP contribution in [0.15, 0.2) is 24.3 Å². The summed E-state index contributed by atoms with van der Waals surface area (Å²) in [6, 6.07) is 0. The molecule has 0 aromatic heterocycles. The summed E-state index contributed by atoms with van der Waals surface area (Å²) in [4.78, 5) is 0. The quantitative estimate of drug-likeness (QED) is 0.542. The Kier molecular flexibility index (Phi) is 12.4. The van der Waals surface area contributed by atoms with E-state index in [0.29, 0.717) is 6.54 Å². The van der Waals surface area contributed by atoms with Crippen LogP contribution in [0, 0.1) is 0 Å². The third-order valence-electron chi connectivity index (χ3n) is 0.923. The number of allylic oxidation sites excluding steroid dienone is 2. The predicted molar refractivity (Wildman–Crippen MR) is 52.2 cm³/mol. The van der Waals surface area contributed by atoms with Gasteiger partial charge in [0.15, 0.2) is 0 Å². The lowest BCUT2D eigenvalue weighted by atomic mass is 10.3. The number of hydrogen-bond donors (Lipinski definition) is 1. The van der Waals surface area contributed by atoms with E-state index in [-0.39, 0.29) is 0 Å². The molecule has 3 nitrogen and oxygen atoms in total. The van der Waals surface area contributed by atoms with Gasteiger partial charge in [-0.25, -0.2) is 4.72 Å². The summed E-state index contributed by atoms with van der Waals surface area (Å²) in [6.07, 6.45) is 3.55. The highest BCUT2D eigenvalue weighted by Crippen LogP contribution is 1.82. The van der Waals surface area contributed by atoms with Crippen LogP contribution in [0.2, 0.25) is 0 Å². The molecule has 0 saturated carbocycles. The lowest BCUT2D eigenvalue weighted by Gasteiger charge is -2.01. The molecule has 0 aliphatic rings. The molecule has 0 amide bonds. The maximum Gasteiger partial charge on any atom is 0.0249 e. The van der Waals surface area contributed by atoms with Crippen LogP contribution in [0.5, 0.6) is 0 Å². The Labute approximate surface area is 77.0 Å². The minimum atomic E-state index is -2.14. The van der Waals surface area contributed by atoms with E-state index in [4.69, 9.17) is 0 Å². The zero-order valence-electron chi connectivity index (χ0n) is 7.79. The van der Waals surface area contributed by atoms with Gasteiger partial charge >= 0.3 is 0 Å². The Morgan fingerprint density at radius 3 is 2.17 bits per heavy atom. The van der Waals surface area contributed by atoms with Crippen molar-refractivity contribution in [3.8, 4) is 0 Å². The van der Waals surface area contributed by atoms with E-state index in [1.807, 2.05) is 6.92 Å². The monoisotopic (exact) mass is 190 g/mol. The summed E-state index contributed by atoms with van der Waals surface area (Å²) in [7, 11) is 0. The Hall–Kier alpha value is -0.450. The van der Waals surface area contributed by atoms with Crippen LogP contribution in [0.25, 0.3) is 0 Å². The van der Waals surface area contributed by atoms with Gasteiger partial charge < -0.3 is 4.55 Å². The van der Waals surface area contributed by atoms with Gasteiger partial charge in [0.2, 0.25) is 0 Å². The zero-order valence-corrected chi connectivity index (χ0v) is 8.61. The van der Waals surface area contributed by atoms with Crippen molar-refractivity contribution >= 4 is 11.3 Å². The third-order valence-corrected chi connectivity index (χ3v) is 1.33. The van der Waals surface area contributed by atoms with Crippen molar-refractivity contribution in [2.45, 2.75) is 20.8 Å². The van der Waals surface area contributed by atoms with Crippen LogP contribution in [0.4, 0.5) is 0 Å². The number of nitrogens with one attached hydrogen (secondary N) is 1. The molecule has 1 unspecified atom stereocenters. The van der Waals surface area contributed by atoms with Gasteiger partial charge in [0.05, 0.1) is 0 Å². The summed E-state index contributed by atoms with van der Waals surface area (Å²) in [5.74, 6) is 0. The van der Waals surface area contributed by atoms with Crippen LogP contribution in [0.1, 0.15) is 20.8 Å². The minimum absolute atomic E-state index is 0.302. The first-order valence-electron chi connectivity index (χ1n) is 3.57. The van der Waals surface area contributed by atoms with Crippen molar-refractivity contribution in [3.05, 3.63) is 24.3 Å². The van der Waals surface area contributed by atoms with Crippen LogP contribution in [-0.2, 0) is 11.3 Å². The molecule has 0 heterocycles. The lowest BCUT2D eigenvalue weighted by Crippen LogP contribution is -2.15. The Morgan fingerprint density at radius 2 is 2.08 bits per heavy atom. The molecule has 0 aliphatic heterocycles. The second-order valence-corrected chi connectivity index (χ2v) is 3.00. The molecule has 72 valence electrons. The second kappa shape index (κ2) is 10.6. The highest BCUT2D eigenvalue weighted by molar-refractivity contribution is 7.77. The number of rotatable bonds is 3. The molecule has 0 radical (unpaired) electrons. The zero-order chi connectivity index (χ0) is 9.98. The fraction of sp³-hybridized carbons (Fsp3) is 0.500. The van der Waals surface area contributed by atoms with Gasteiger partial charge in [0.25, 0.3) is 0 Å². The fourth-order valence-electron chi connectivity index (χ4n) is 0.127. The summed E-state index contributed by atoms with van der Waals surface area (Å²) >= 11 is -2.14. The molecule has 0 rings (SSSR count). The van der Waals surface area contributed by atoms with Crippen LogP contribution >= 0.6 is 0 Å². The molecule has 12 heavy (non-hydrogen) atoms. The van der Waals surface area contributed by atoms with Crippen molar-refractivity contribution in [2.24, 2.45) is 0 Å². The van der Waals surface area contributed by atoms with E-state index in [1.54, 1.807) is 0 Å². The molecule has 0 saturated heterocycles. The van der Waals surface area contributed by atoms with E-state index in [2.05, 4.69) is 31.2 Å². The van der Waals surface area contributed by atoms with Crippen LogP contribution in [0.3, 0.4) is 0 Å². The van der Waals surface area contributed by atoms with Crippen molar-refractivity contribution in [2.75, 3.05) is 6.54 Å². The van der Waals surface area contributed by atoms with Gasteiger partial charge in [-0.2, -0.15) is 0 Å². The third kappa shape index (κ3) is 22.7. The Bertz CT molecular complexity index is 162. The lowest BCUT2D eigenvalue weighted by molar-refractivity contribution is 0.526. The molecule has 0 bridgehead atoms. The maximum atomic E-state index is 9.60. The number of hydrogen-bond acceptors (Lipinski definition) is 2. The van der Waals surface area contributed by atoms with Gasteiger partial charge in [0, 0.05) is 17.8 Å². The van der Waals surface area contributed by atoms with E-state index in [1.165, 1.54) is 11.6 Å². The second-order valence-electron chi connectivity index (χ2n) is 2.24. The van der Waals surface area contributed by atoms with Crippen molar-refractivity contribution in [3.63, 3.8) is 0 Å². The van der Waals surface area contributed by atoms with Crippen molar-refractivity contribution < 1.29 is 8.76 Å². The van der Waals surface area contributed by atoms with Gasteiger partial charge in [-0.05, 0) is 20.8 Å². The fourth-order valence-corrected chi connectivity index (χ4v) is 0.381. The van der Waals surface area contributed by atoms with Crippen molar-refractivity contribution in [1.29, 1.82) is 0 Å². The maximum absolute atomic E-state index is 9.60. The normalized spacial score (nSPS) is 10.7. The van der Waals surface area contributed by atoms with E-state index in [0.717, 1.165) is 0 Å². The summed E-state index contributed by atoms with van der Waals surface area (Å²) in [6.45, 7) is 9.80. The van der Waals surface area contributed by atoms with Crippen LogP contribution in [-0.4, -0.2) is 15.3 Å². The standard InChI is InChI=1S/C5H10.C3H7NO2S/c1-4-5(2)3;1-2-3-4-7(5)6/h4H,1-3H3;2,4H,1,3H2,(H,5,6)/p-1. The minimum Gasteiger partial charge on any atom is -0.760 e. The molecule has 0 aromatic rings. The molecular weight excluding hydrogens is 174 g/mol. The molecule has 1 atom stereocenters. The molecule has 0 fully saturated rings. The SMILES string of the molecule is C=CCNS(=O)[O-].CC=C(C)C. The molecule has 0 aliphatic carbocycles. The Morgan fingerprint density at radius 1 is 1.67 bits per heavy atom. The first-order chi connectivity index (χ1) is 5.54. The highest BCUT2D eigenvalue weighted by Gasteiger charge is 1.71. The van der Waals surface area contributed by atoms with Gasteiger partial charge in [-0.3, -0.25) is 4.21 Å². The molecule has 0 spiro atoms. The van der Waals surface area contributed by atoms with Crippen LogP contribution < -0.4 is 4.72 Å². The van der Waals surface area contributed by atoms with E-state index < -0.39 is 11.3 Å². The summed E-state index contributed by atoms with van der Waals surface area (Å²) in [5.41, 5.74) is 1.38. The van der Waals surface area contributed by atoms with Gasteiger partial charge in [-0.1, -0.05) is 17.7 Å². The highest BCUT2D eigenvalue weighted by atomic mass is 32.2. The molecule has 0 aromatic carbocycles. The molecule has 4 heteroatoms. The first-order valence-corrected chi connectivity index (χ1v) is 4.65. The molecular formula is C8H16NO2S-. The molecule has 1 N–H and O–H groups in total. The van der Waals surface area contributed by atoms with E-state index >= 15 is 0 Å². The van der Waals surface area contributed by atoms with Gasteiger partial charge in [0.1, 0.15) is 0 Å². The van der Waals surface area contributed by atoms with E-state index in [9.17, 15) is 8.76 Å². The van der Waals surface area contributed by atoms with Gasteiger partial charge in [-0.15, -0.1) is 6.58 Å². The average Bonchev–Trinajstić information content (AvgIpc) is 2.02. The predicted octanol–water partition coefficient (Wildman–Crippen LogP) is 1.53. The largest absolute Gasteiger partial charge is 0.760 e. The summed E-state index contributed by atoms with van der Waals surface area (Å²) < 4.78 is 21.3. The average molecular weight is 190 g/mol. The van der Waals surface area contributed by atoms with Crippen molar-refractivity contribution in [1.82, 2.24) is 4.72 Å². The topological polar surface area (TPSA) is 52.2 Å². The first kappa shape index (κ1) is 14.1. The smallest absolute Gasteiger partial charge is 0.0249 e.